The second-order valence-corrected chi connectivity index (χ2v) is 7.39. The van der Waals surface area contributed by atoms with Gasteiger partial charge < -0.3 is 15.0 Å². The van der Waals surface area contributed by atoms with E-state index in [4.69, 9.17) is 39.5 Å². The van der Waals surface area contributed by atoms with E-state index in [0.29, 0.717) is 45.2 Å². The Morgan fingerprint density at radius 2 is 1.93 bits per heavy atom. The Hall–Kier alpha value is -1.95. The highest BCUT2D eigenvalue weighted by atomic mass is 35.5. The van der Waals surface area contributed by atoms with Gasteiger partial charge in [0.05, 0.1) is 15.7 Å². The number of carbonyl (C=O) groups is 2. The standard InChI is InChI=1S/C19H17Cl3N2O3/c1-11(27-17-7-4-12(20)9-15(17)22)19(26)23-13-5-6-16(14(21)10-13)24-8-2-3-18(24)25/h4-7,9-11H,2-3,8H2,1H3,(H,23,26)/t11-/m1/s1. The lowest BCUT2D eigenvalue weighted by Crippen LogP contribution is -2.30. The van der Waals surface area contributed by atoms with E-state index in [-0.39, 0.29) is 11.8 Å². The van der Waals surface area contributed by atoms with Gasteiger partial charge in [-0.05, 0) is 49.7 Å². The van der Waals surface area contributed by atoms with Crippen molar-refractivity contribution in [1.29, 1.82) is 0 Å². The van der Waals surface area contributed by atoms with Crippen molar-refractivity contribution in [3.63, 3.8) is 0 Å². The summed E-state index contributed by atoms with van der Waals surface area (Å²) in [5.74, 6) is 0.0577. The van der Waals surface area contributed by atoms with Gasteiger partial charge in [-0.15, -0.1) is 0 Å². The highest BCUT2D eigenvalue weighted by molar-refractivity contribution is 6.35. The van der Waals surface area contributed by atoms with Crippen molar-refractivity contribution in [2.45, 2.75) is 25.9 Å². The lowest BCUT2D eigenvalue weighted by Gasteiger charge is -2.19. The third kappa shape index (κ3) is 4.67. The summed E-state index contributed by atoms with van der Waals surface area (Å²) in [6.07, 6.45) is 0.550. The first-order valence-corrected chi connectivity index (χ1v) is 9.51. The second-order valence-electron chi connectivity index (χ2n) is 6.14. The molecule has 5 nitrogen and oxygen atoms in total. The molecule has 1 atom stereocenters. The summed E-state index contributed by atoms with van der Waals surface area (Å²) in [5, 5.41) is 3.95. The summed E-state index contributed by atoms with van der Waals surface area (Å²) >= 11 is 18.2. The number of hydrogen-bond acceptors (Lipinski definition) is 3. The first-order chi connectivity index (χ1) is 12.8. The maximum Gasteiger partial charge on any atom is 0.265 e. The van der Waals surface area contributed by atoms with Gasteiger partial charge >= 0.3 is 0 Å². The number of benzene rings is 2. The van der Waals surface area contributed by atoms with Gasteiger partial charge in [0.1, 0.15) is 5.75 Å². The predicted octanol–water partition coefficient (Wildman–Crippen LogP) is 5.18. The zero-order chi connectivity index (χ0) is 19.6. The van der Waals surface area contributed by atoms with E-state index >= 15 is 0 Å². The van der Waals surface area contributed by atoms with E-state index in [9.17, 15) is 9.59 Å². The van der Waals surface area contributed by atoms with Crippen LogP contribution in [-0.4, -0.2) is 24.5 Å². The fraction of sp³-hybridized carbons (Fsp3) is 0.263. The molecule has 1 aliphatic heterocycles. The maximum absolute atomic E-state index is 12.4. The Bertz CT molecular complexity index is 888. The molecule has 2 amide bonds. The highest BCUT2D eigenvalue weighted by Crippen LogP contribution is 2.32. The fourth-order valence-corrected chi connectivity index (χ4v) is 3.50. The van der Waals surface area contributed by atoms with Crippen LogP contribution in [0.5, 0.6) is 5.75 Å². The smallest absolute Gasteiger partial charge is 0.265 e. The van der Waals surface area contributed by atoms with Crippen LogP contribution in [0.15, 0.2) is 36.4 Å². The van der Waals surface area contributed by atoms with Crippen LogP contribution in [-0.2, 0) is 9.59 Å². The molecule has 0 saturated carbocycles. The van der Waals surface area contributed by atoms with E-state index < -0.39 is 6.10 Å². The molecule has 0 unspecified atom stereocenters. The number of nitrogens with zero attached hydrogens (tertiary/aromatic N) is 1. The molecule has 8 heteroatoms. The van der Waals surface area contributed by atoms with Gasteiger partial charge in [-0.25, -0.2) is 0 Å². The van der Waals surface area contributed by atoms with Gasteiger partial charge in [-0.1, -0.05) is 34.8 Å². The van der Waals surface area contributed by atoms with E-state index in [1.807, 2.05) is 0 Å². The molecule has 1 N–H and O–H groups in total. The van der Waals surface area contributed by atoms with Crippen molar-refractivity contribution in [3.8, 4) is 5.75 Å². The van der Waals surface area contributed by atoms with Gasteiger partial charge in [0.25, 0.3) is 5.91 Å². The maximum atomic E-state index is 12.4. The van der Waals surface area contributed by atoms with Crippen LogP contribution in [0, 0.1) is 0 Å². The van der Waals surface area contributed by atoms with Crippen LogP contribution in [0.1, 0.15) is 19.8 Å². The van der Waals surface area contributed by atoms with Crippen molar-refractivity contribution in [3.05, 3.63) is 51.5 Å². The van der Waals surface area contributed by atoms with Crippen molar-refractivity contribution in [2.24, 2.45) is 0 Å². The van der Waals surface area contributed by atoms with Crippen molar-refractivity contribution in [1.82, 2.24) is 0 Å². The van der Waals surface area contributed by atoms with E-state index in [1.165, 1.54) is 0 Å². The minimum Gasteiger partial charge on any atom is -0.479 e. The largest absolute Gasteiger partial charge is 0.479 e. The number of hydrogen-bond donors (Lipinski definition) is 1. The minimum absolute atomic E-state index is 0.0514. The van der Waals surface area contributed by atoms with Gasteiger partial charge in [0.2, 0.25) is 5.91 Å². The Kier molecular flexibility index (Phi) is 6.15. The first-order valence-electron chi connectivity index (χ1n) is 8.37. The molecule has 3 rings (SSSR count). The van der Waals surface area contributed by atoms with Gasteiger partial charge in [0.15, 0.2) is 6.10 Å². The number of carbonyl (C=O) groups excluding carboxylic acids is 2. The average molecular weight is 428 g/mol. The Morgan fingerprint density at radius 1 is 1.15 bits per heavy atom. The zero-order valence-electron chi connectivity index (χ0n) is 14.5. The summed E-state index contributed by atoms with van der Waals surface area (Å²) in [6.45, 7) is 2.26. The number of ether oxygens (including phenoxy) is 1. The van der Waals surface area contributed by atoms with Crippen LogP contribution in [0.3, 0.4) is 0 Å². The SMILES string of the molecule is C[C@@H](Oc1ccc(Cl)cc1Cl)C(=O)Nc1ccc(N2CCCC2=O)c(Cl)c1. The van der Waals surface area contributed by atoms with E-state index in [0.717, 1.165) is 6.42 Å². The summed E-state index contributed by atoms with van der Waals surface area (Å²) in [7, 11) is 0. The molecular weight excluding hydrogens is 411 g/mol. The molecule has 0 radical (unpaired) electrons. The predicted molar refractivity (Wildman–Crippen MR) is 108 cm³/mol. The molecule has 0 aromatic heterocycles. The molecule has 1 saturated heterocycles. The number of amides is 2. The Morgan fingerprint density at radius 3 is 2.56 bits per heavy atom. The van der Waals surface area contributed by atoms with Crippen LogP contribution < -0.4 is 15.0 Å². The molecule has 0 aliphatic carbocycles. The Balaban J connectivity index is 1.66. The van der Waals surface area contributed by atoms with E-state index in [2.05, 4.69) is 5.32 Å². The minimum atomic E-state index is -0.790. The van der Waals surface area contributed by atoms with Gasteiger partial charge in [-0.3, -0.25) is 9.59 Å². The molecule has 1 fully saturated rings. The molecule has 0 spiro atoms. The van der Waals surface area contributed by atoms with Crippen LogP contribution in [0.2, 0.25) is 15.1 Å². The van der Waals surface area contributed by atoms with Crippen LogP contribution in [0.25, 0.3) is 0 Å². The van der Waals surface area contributed by atoms with Crippen molar-refractivity contribution < 1.29 is 14.3 Å². The van der Waals surface area contributed by atoms with Crippen LogP contribution >= 0.6 is 34.8 Å². The van der Waals surface area contributed by atoms with Gasteiger partial charge in [0, 0.05) is 23.7 Å². The topological polar surface area (TPSA) is 58.6 Å². The number of halogens is 3. The molecule has 2 aromatic rings. The lowest BCUT2D eigenvalue weighted by molar-refractivity contribution is -0.122. The number of anilines is 2. The molecule has 142 valence electrons. The molecule has 1 heterocycles. The molecule has 0 bridgehead atoms. The van der Waals surface area contributed by atoms with Crippen molar-refractivity contribution in [2.75, 3.05) is 16.8 Å². The molecule has 27 heavy (non-hydrogen) atoms. The summed E-state index contributed by atoms with van der Waals surface area (Å²) in [6, 6.07) is 9.82. The number of nitrogens with one attached hydrogen (secondary N) is 1. The lowest BCUT2D eigenvalue weighted by atomic mass is 10.2. The number of rotatable bonds is 5. The fourth-order valence-electron chi connectivity index (χ4n) is 2.77. The molecular formula is C19H17Cl3N2O3. The van der Waals surface area contributed by atoms with Crippen molar-refractivity contribution >= 4 is 58.0 Å². The summed E-state index contributed by atoms with van der Waals surface area (Å²) in [4.78, 5) is 25.9. The monoisotopic (exact) mass is 426 g/mol. The van der Waals surface area contributed by atoms with E-state index in [1.54, 1.807) is 48.2 Å². The third-order valence-electron chi connectivity index (χ3n) is 4.15. The quantitative estimate of drug-likeness (QED) is 0.715. The highest BCUT2D eigenvalue weighted by Gasteiger charge is 2.24. The normalized spacial score (nSPS) is 15.0. The Labute approximate surface area is 172 Å². The molecule has 1 aliphatic rings. The van der Waals surface area contributed by atoms with Gasteiger partial charge in [-0.2, -0.15) is 0 Å². The first kappa shape index (κ1) is 19.8. The average Bonchev–Trinajstić information content (AvgIpc) is 3.03. The summed E-state index contributed by atoms with van der Waals surface area (Å²) < 4.78 is 5.59. The van der Waals surface area contributed by atoms with Crippen LogP contribution in [0.4, 0.5) is 11.4 Å². The second kappa shape index (κ2) is 8.38. The zero-order valence-corrected chi connectivity index (χ0v) is 16.7. The third-order valence-corrected chi connectivity index (χ3v) is 4.98. The summed E-state index contributed by atoms with van der Waals surface area (Å²) in [5.41, 5.74) is 1.16. The molecule has 2 aromatic carbocycles.